The van der Waals surface area contributed by atoms with E-state index in [1.807, 2.05) is 13.0 Å². The number of hydrogen-bond donors (Lipinski definition) is 2. The van der Waals surface area contributed by atoms with Gasteiger partial charge in [0.25, 0.3) is 11.8 Å². The lowest BCUT2D eigenvalue weighted by Crippen LogP contribution is -2.52. The molecule has 0 bridgehead atoms. The maximum absolute atomic E-state index is 13.4. The molecule has 2 atom stereocenters. The van der Waals surface area contributed by atoms with Crippen molar-refractivity contribution >= 4 is 29.2 Å². The van der Waals surface area contributed by atoms with Gasteiger partial charge in [0.1, 0.15) is 17.5 Å². The van der Waals surface area contributed by atoms with Gasteiger partial charge in [0, 0.05) is 30.3 Å². The van der Waals surface area contributed by atoms with Crippen LogP contribution in [0.15, 0.2) is 66.5 Å². The number of carbonyl (C=O) groups is 4. The lowest BCUT2D eigenvalue weighted by Gasteiger charge is -2.29. The second kappa shape index (κ2) is 10.2. The zero-order valence-electron chi connectivity index (χ0n) is 19.6. The van der Waals surface area contributed by atoms with Crippen LogP contribution in [0.5, 0.6) is 0 Å². The summed E-state index contributed by atoms with van der Waals surface area (Å²) >= 11 is 0. The van der Waals surface area contributed by atoms with Gasteiger partial charge in [-0.3, -0.25) is 24.1 Å². The first-order chi connectivity index (χ1) is 17.1. The van der Waals surface area contributed by atoms with Gasteiger partial charge in [-0.2, -0.15) is 0 Å². The number of rotatable bonds is 8. The van der Waals surface area contributed by atoms with Crippen LogP contribution in [0, 0.1) is 11.6 Å². The Balaban J connectivity index is 1.39. The summed E-state index contributed by atoms with van der Waals surface area (Å²) in [5.41, 5.74) is 2.37. The largest absolute Gasteiger partial charge is 0.351 e. The van der Waals surface area contributed by atoms with E-state index in [0.717, 1.165) is 22.6 Å². The maximum Gasteiger partial charge on any atom is 0.278 e. The number of nitrogens with one attached hydrogen (secondary N) is 2. The van der Waals surface area contributed by atoms with Gasteiger partial charge in [-0.1, -0.05) is 31.7 Å². The zero-order valence-corrected chi connectivity index (χ0v) is 19.6. The van der Waals surface area contributed by atoms with Gasteiger partial charge in [0.2, 0.25) is 5.91 Å². The van der Waals surface area contributed by atoms with Crippen LogP contribution >= 0.6 is 0 Å². The Labute approximate surface area is 206 Å². The maximum atomic E-state index is 13.4. The summed E-state index contributed by atoms with van der Waals surface area (Å²) in [6.45, 7) is 5.57. The van der Waals surface area contributed by atoms with E-state index in [-0.39, 0.29) is 30.2 Å². The monoisotopic (exact) mass is 493 g/mol. The SMILES string of the molecule is C=C1CCC(N2C(=O)C=C(Nc3cccc(C(C)CC(=O)Cc4ccc(F)c(F)c4)c3)C2=O)C(=O)N1. The van der Waals surface area contributed by atoms with Crippen LogP contribution in [0.2, 0.25) is 0 Å². The van der Waals surface area contributed by atoms with Gasteiger partial charge in [-0.25, -0.2) is 8.78 Å². The van der Waals surface area contributed by atoms with Gasteiger partial charge in [0.05, 0.1) is 0 Å². The number of Topliss-reactive ketones (excluding diaryl/α,β-unsaturated/α-hetero) is 1. The minimum Gasteiger partial charge on any atom is -0.351 e. The molecule has 1 fully saturated rings. The lowest BCUT2D eigenvalue weighted by atomic mass is 9.93. The average Bonchev–Trinajstić information content (AvgIpc) is 3.09. The quantitative estimate of drug-likeness (QED) is 0.547. The molecular formula is C27H25F2N3O4. The Morgan fingerprint density at radius 1 is 1.17 bits per heavy atom. The number of amides is 3. The Morgan fingerprint density at radius 3 is 2.67 bits per heavy atom. The second-order valence-corrected chi connectivity index (χ2v) is 9.04. The number of imide groups is 1. The van der Waals surface area contributed by atoms with E-state index >= 15 is 0 Å². The highest BCUT2D eigenvalue weighted by Gasteiger charge is 2.41. The minimum atomic E-state index is -0.991. The number of anilines is 1. The smallest absolute Gasteiger partial charge is 0.278 e. The topological polar surface area (TPSA) is 95.6 Å². The van der Waals surface area contributed by atoms with E-state index in [2.05, 4.69) is 17.2 Å². The number of benzene rings is 2. The van der Waals surface area contributed by atoms with Crippen LogP contribution in [0.4, 0.5) is 14.5 Å². The summed E-state index contributed by atoms with van der Waals surface area (Å²) in [6, 6.07) is 9.60. The number of carbonyl (C=O) groups excluding carboxylic acids is 4. The van der Waals surface area contributed by atoms with E-state index in [4.69, 9.17) is 0 Å². The van der Waals surface area contributed by atoms with Gasteiger partial charge >= 0.3 is 0 Å². The normalized spacial score (nSPS) is 18.7. The van der Waals surface area contributed by atoms with Crippen molar-refractivity contribution < 1.29 is 28.0 Å². The number of halogens is 2. The van der Waals surface area contributed by atoms with Crippen LogP contribution < -0.4 is 10.6 Å². The van der Waals surface area contributed by atoms with E-state index < -0.39 is 35.4 Å². The van der Waals surface area contributed by atoms with Crippen LogP contribution in [0.25, 0.3) is 0 Å². The van der Waals surface area contributed by atoms with Crippen molar-refractivity contribution in [2.24, 2.45) is 0 Å². The van der Waals surface area contributed by atoms with Crippen molar-refractivity contribution in [3.8, 4) is 0 Å². The third-order valence-electron chi connectivity index (χ3n) is 6.24. The fourth-order valence-electron chi connectivity index (χ4n) is 4.36. The summed E-state index contributed by atoms with van der Waals surface area (Å²) in [6.07, 6.45) is 2.12. The fraction of sp³-hybridized carbons (Fsp3) is 0.259. The van der Waals surface area contributed by atoms with Crippen molar-refractivity contribution in [2.75, 3.05) is 5.32 Å². The third-order valence-corrected chi connectivity index (χ3v) is 6.24. The first-order valence-electron chi connectivity index (χ1n) is 11.5. The molecule has 186 valence electrons. The first kappa shape index (κ1) is 25.0. The van der Waals surface area contributed by atoms with Crippen molar-refractivity contribution in [3.63, 3.8) is 0 Å². The van der Waals surface area contributed by atoms with Crippen molar-refractivity contribution in [3.05, 3.63) is 89.3 Å². The Bertz CT molecular complexity index is 1300. The summed E-state index contributed by atoms with van der Waals surface area (Å²) in [5, 5.41) is 5.53. The molecule has 0 aromatic heterocycles. The average molecular weight is 494 g/mol. The highest BCUT2D eigenvalue weighted by molar-refractivity contribution is 6.19. The van der Waals surface area contributed by atoms with Gasteiger partial charge in [0.15, 0.2) is 11.6 Å². The molecule has 4 rings (SSSR count). The summed E-state index contributed by atoms with van der Waals surface area (Å²) in [4.78, 5) is 51.1. The van der Waals surface area contributed by atoms with E-state index in [9.17, 15) is 28.0 Å². The fourth-order valence-corrected chi connectivity index (χ4v) is 4.36. The summed E-state index contributed by atoms with van der Waals surface area (Å²) in [7, 11) is 0. The molecule has 0 radical (unpaired) electrons. The molecule has 36 heavy (non-hydrogen) atoms. The van der Waals surface area contributed by atoms with Crippen LogP contribution in [0.1, 0.15) is 43.2 Å². The van der Waals surface area contributed by atoms with Crippen molar-refractivity contribution in [2.45, 2.75) is 44.6 Å². The summed E-state index contributed by atoms with van der Waals surface area (Å²) < 4.78 is 26.5. The molecule has 2 aromatic rings. The van der Waals surface area contributed by atoms with Crippen molar-refractivity contribution in [1.29, 1.82) is 0 Å². The second-order valence-electron chi connectivity index (χ2n) is 9.04. The lowest BCUT2D eigenvalue weighted by molar-refractivity contribution is -0.146. The Morgan fingerprint density at radius 2 is 1.94 bits per heavy atom. The standard InChI is InChI=1S/C27H25F2N3O4/c1-15(10-20(33)11-17-7-8-21(28)22(29)12-17)18-4-3-5-19(13-18)31-23-14-25(34)32(27(23)36)24-9-6-16(2)30-26(24)35/h3-5,7-8,12-15,24,31H,2,6,9-11H2,1H3,(H,30,35). The molecule has 2 heterocycles. The number of piperidine rings is 1. The van der Waals surface area contributed by atoms with E-state index in [0.29, 0.717) is 29.8 Å². The molecule has 0 saturated carbocycles. The molecule has 0 aliphatic carbocycles. The van der Waals surface area contributed by atoms with E-state index in [1.54, 1.807) is 18.2 Å². The molecule has 2 unspecified atom stereocenters. The molecule has 1 saturated heterocycles. The number of ketones is 1. The van der Waals surface area contributed by atoms with E-state index in [1.165, 1.54) is 12.1 Å². The molecule has 0 spiro atoms. The Hall–Kier alpha value is -4.14. The third kappa shape index (κ3) is 5.40. The highest BCUT2D eigenvalue weighted by atomic mass is 19.2. The number of allylic oxidation sites excluding steroid dienone is 1. The van der Waals surface area contributed by atoms with Crippen LogP contribution in [0.3, 0.4) is 0 Å². The first-order valence-corrected chi connectivity index (χ1v) is 11.5. The number of nitrogens with zero attached hydrogens (tertiary/aromatic N) is 1. The predicted octanol–water partition coefficient (Wildman–Crippen LogP) is 3.73. The molecule has 2 aromatic carbocycles. The highest BCUT2D eigenvalue weighted by Crippen LogP contribution is 2.27. The molecule has 9 heteroatoms. The molecule has 2 aliphatic rings. The van der Waals surface area contributed by atoms with Gasteiger partial charge in [-0.05, 0) is 54.2 Å². The Kier molecular flexibility index (Phi) is 7.10. The van der Waals surface area contributed by atoms with Crippen LogP contribution in [-0.2, 0) is 25.6 Å². The van der Waals surface area contributed by atoms with Crippen LogP contribution in [-0.4, -0.2) is 34.4 Å². The zero-order chi connectivity index (χ0) is 26.0. The van der Waals surface area contributed by atoms with Crippen molar-refractivity contribution in [1.82, 2.24) is 10.2 Å². The van der Waals surface area contributed by atoms with Gasteiger partial charge < -0.3 is 10.6 Å². The minimum absolute atomic E-state index is 0.0130. The summed E-state index contributed by atoms with van der Waals surface area (Å²) in [5.74, 6) is -3.86. The molecular weight excluding hydrogens is 468 g/mol. The molecule has 2 N–H and O–H groups in total. The predicted molar refractivity (Wildman–Crippen MR) is 128 cm³/mol. The molecule has 3 amide bonds. The molecule has 2 aliphatic heterocycles. The van der Waals surface area contributed by atoms with Gasteiger partial charge in [-0.15, -0.1) is 0 Å². The molecule has 7 nitrogen and oxygen atoms in total. The number of hydrogen-bond acceptors (Lipinski definition) is 5.